The first kappa shape index (κ1) is 42.0. The lowest BCUT2D eigenvalue weighted by Gasteiger charge is -2.12. The topological polar surface area (TPSA) is 331 Å². The maximum Gasteiger partial charge on any atom is 0.314 e. The molecule has 8 N–H and O–H groups in total. The Morgan fingerprint density at radius 1 is 0.500 bits per heavy atom. The number of carboxylic acid groups (broad SMARTS) is 2. The van der Waals surface area contributed by atoms with E-state index in [4.69, 9.17) is 10.2 Å². The highest BCUT2D eigenvalue weighted by atomic mass is 32.2. The van der Waals surface area contributed by atoms with Crippen molar-refractivity contribution in [1.29, 1.82) is 0 Å². The van der Waals surface area contributed by atoms with Gasteiger partial charge in [-0.2, -0.15) is 27.1 Å². The minimum atomic E-state index is -5.03. The van der Waals surface area contributed by atoms with Crippen LogP contribution in [0.25, 0.3) is 21.5 Å². The van der Waals surface area contributed by atoms with Gasteiger partial charge in [0.15, 0.2) is 11.5 Å². The summed E-state index contributed by atoms with van der Waals surface area (Å²) in [5, 5.41) is 59.8. The van der Waals surface area contributed by atoms with Crippen molar-refractivity contribution >= 4 is 99.7 Å². The number of carboxylic acids is 2. The summed E-state index contributed by atoms with van der Waals surface area (Å²) >= 11 is 0. The number of hydrogen-bond acceptors (Lipinski definition) is 14. The molecule has 0 atom stereocenters. The Morgan fingerprint density at radius 3 is 1.17 bits per heavy atom. The predicted octanol–water partition coefficient (Wildman–Crippen LogP) is 6.56. The molecule has 6 aromatic rings. The summed E-state index contributed by atoms with van der Waals surface area (Å²) < 4.78 is 69.2. The van der Waals surface area contributed by atoms with Crippen LogP contribution in [0, 0.1) is 0 Å². The molecule has 0 saturated heterocycles. The number of nitrogens with one attached hydrogen (secondary N) is 2. The van der Waals surface area contributed by atoms with E-state index in [9.17, 15) is 55.3 Å². The number of benzene rings is 6. The Morgan fingerprint density at radius 2 is 0.850 bits per heavy atom. The molecule has 0 aliphatic carbocycles. The molecule has 306 valence electrons. The molecule has 0 radical (unpaired) electrons. The van der Waals surface area contributed by atoms with Crippen LogP contribution < -0.4 is 10.6 Å². The van der Waals surface area contributed by atoms with Crippen LogP contribution in [0.4, 0.5) is 34.1 Å². The third kappa shape index (κ3) is 9.71. The largest absolute Gasteiger partial charge is 0.505 e. The van der Waals surface area contributed by atoms with Gasteiger partial charge in [0.1, 0.15) is 21.2 Å². The van der Waals surface area contributed by atoms with E-state index in [0.717, 1.165) is 12.1 Å². The first-order chi connectivity index (χ1) is 28.3. The standard InChI is InChI=1S/C38H28N6O14S2/c45-31(46)13-19-1-5-23(6-2-19)41-43-33-29(59(53,54)55)17-21-15-25(9-11-27(21)35(33)49)39-37(51)38(52)40-26-10-12-28-22(16-26)18-30(60(56,57)58)34(36(28)50)44-42-24-7-3-20(4-8-24)14-32(47)48/h1-12,15-18,49-50H,13-14H2,(H,39,51)(H,40,52)(H,45,46)(H,47,48)(H,53,54,55)(H,56,57,58). The third-order valence-corrected chi connectivity index (χ3v) is 10.2. The molecule has 0 saturated carbocycles. The molecule has 0 bridgehead atoms. The van der Waals surface area contributed by atoms with E-state index >= 15 is 0 Å². The molecule has 0 aliphatic rings. The molecule has 0 aliphatic heterocycles. The zero-order valence-electron chi connectivity index (χ0n) is 30.2. The summed E-state index contributed by atoms with van der Waals surface area (Å²) in [5.74, 6) is -6.00. The zero-order chi connectivity index (χ0) is 43.5. The lowest BCUT2D eigenvalue weighted by molar-refractivity contribution is -0.137. The number of carbonyl (C=O) groups is 4. The average Bonchev–Trinajstić information content (AvgIpc) is 3.17. The second-order valence-electron chi connectivity index (χ2n) is 12.7. The quantitative estimate of drug-likeness (QED) is 0.0367. The molecule has 22 heteroatoms. The second-order valence-corrected chi connectivity index (χ2v) is 15.5. The number of rotatable bonds is 12. The van der Waals surface area contributed by atoms with Gasteiger partial charge in [-0.3, -0.25) is 28.3 Å². The summed E-state index contributed by atoms with van der Waals surface area (Å²) in [6, 6.07) is 20.8. The maximum atomic E-state index is 12.9. The minimum Gasteiger partial charge on any atom is -0.505 e. The van der Waals surface area contributed by atoms with Crippen LogP contribution >= 0.6 is 0 Å². The lowest BCUT2D eigenvalue weighted by Crippen LogP contribution is -2.29. The number of fused-ring (bicyclic) bond motifs is 2. The van der Waals surface area contributed by atoms with Crippen LogP contribution in [0.5, 0.6) is 11.5 Å². The fourth-order valence-electron chi connectivity index (χ4n) is 5.75. The van der Waals surface area contributed by atoms with E-state index in [0.29, 0.717) is 11.1 Å². The van der Waals surface area contributed by atoms with Crippen molar-refractivity contribution < 1.29 is 65.5 Å². The normalized spacial score (nSPS) is 12.0. The van der Waals surface area contributed by atoms with Crippen molar-refractivity contribution in [3.8, 4) is 11.5 Å². The van der Waals surface area contributed by atoms with Crippen LogP contribution in [0.15, 0.2) is 127 Å². The monoisotopic (exact) mass is 856 g/mol. The fourth-order valence-corrected chi connectivity index (χ4v) is 7.06. The Bertz CT molecular complexity index is 2840. The Hall–Kier alpha value is -7.66. The summed E-state index contributed by atoms with van der Waals surface area (Å²) in [6.45, 7) is 0. The minimum absolute atomic E-state index is 0.00977. The van der Waals surface area contributed by atoms with Crippen LogP contribution in [0.1, 0.15) is 11.1 Å². The van der Waals surface area contributed by atoms with Gasteiger partial charge in [-0.15, -0.1) is 10.2 Å². The molecule has 0 spiro atoms. The first-order valence-electron chi connectivity index (χ1n) is 16.9. The van der Waals surface area contributed by atoms with Crippen molar-refractivity contribution in [2.75, 3.05) is 10.6 Å². The van der Waals surface area contributed by atoms with Crippen LogP contribution in [0.2, 0.25) is 0 Å². The SMILES string of the molecule is O=C(O)Cc1ccc(N=Nc2c(S(=O)(=O)O)cc3cc(NC(=O)C(=O)Nc4ccc5c(O)c(N=Nc6ccc(CC(=O)O)cc6)c(S(=O)(=O)O)cc5c4)ccc3c2O)cc1. The number of phenolic OH excluding ortho intramolecular Hbond substituents is 2. The molecule has 2 amide bonds. The van der Waals surface area contributed by atoms with Crippen molar-refractivity contribution in [2.45, 2.75) is 22.6 Å². The van der Waals surface area contributed by atoms with E-state index < -0.39 is 76.7 Å². The number of aromatic hydroxyl groups is 2. The Kier molecular flexibility index (Phi) is 11.7. The average molecular weight is 857 g/mol. The van der Waals surface area contributed by atoms with Crippen LogP contribution in [-0.4, -0.2) is 70.1 Å². The highest BCUT2D eigenvalue weighted by Gasteiger charge is 2.25. The van der Waals surface area contributed by atoms with E-state index in [1.807, 2.05) is 0 Å². The number of carbonyl (C=O) groups excluding carboxylic acids is 2. The maximum absolute atomic E-state index is 12.9. The number of hydrogen-bond donors (Lipinski definition) is 8. The van der Waals surface area contributed by atoms with Gasteiger partial charge in [-0.25, -0.2) is 0 Å². The summed E-state index contributed by atoms with van der Waals surface area (Å²) in [5.41, 5.74) is -0.108. The van der Waals surface area contributed by atoms with Crippen LogP contribution in [0.3, 0.4) is 0 Å². The van der Waals surface area contributed by atoms with Gasteiger partial charge in [0, 0.05) is 22.1 Å². The number of amides is 2. The van der Waals surface area contributed by atoms with Crippen LogP contribution in [-0.2, 0) is 52.3 Å². The molecule has 6 rings (SSSR count). The number of nitrogens with zero attached hydrogens (tertiary/aromatic N) is 4. The second kappa shape index (κ2) is 16.7. The Labute approximate surface area is 337 Å². The molecular formula is C38H28N6O14S2. The van der Waals surface area contributed by atoms with Crippen molar-refractivity contribution in [2.24, 2.45) is 20.5 Å². The van der Waals surface area contributed by atoms with Gasteiger partial charge in [0.25, 0.3) is 20.2 Å². The van der Waals surface area contributed by atoms with Gasteiger partial charge in [0.05, 0.1) is 24.2 Å². The molecule has 20 nitrogen and oxygen atoms in total. The first-order valence-corrected chi connectivity index (χ1v) is 19.8. The molecule has 6 aromatic carbocycles. The smallest absolute Gasteiger partial charge is 0.314 e. The van der Waals surface area contributed by atoms with Gasteiger partial charge in [0.2, 0.25) is 0 Å². The van der Waals surface area contributed by atoms with E-state index in [-0.39, 0.29) is 57.1 Å². The fraction of sp³-hybridized carbons (Fsp3) is 0.0526. The summed E-state index contributed by atoms with van der Waals surface area (Å²) in [7, 11) is -10.1. The summed E-state index contributed by atoms with van der Waals surface area (Å²) in [4.78, 5) is 46.0. The van der Waals surface area contributed by atoms with Crippen molar-refractivity contribution in [3.05, 3.63) is 108 Å². The third-order valence-electron chi connectivity index (χ3n) is 8.49. The molecule has 60 heavy (non-hydrogen) atoms. The van der Waals surface area contributed by atoms with Gasteiger partial charge in [-0.05, 0) is 94.7 Å². The zero-order valence-corrected chi connectivity index (χ0v) is 31.8. The van der Waals surface area contributed by atoms with E-state index in [1.54, 1.807) is 0 Å². The van der Waals surface area contributed by atoms with Gasteiger partial charge < -0.3 is 31.1 Å². The van der Waals surface area contributed by atoms with Gasteiger partial charge >= 0.3 is 23.8 Å². The van der Waals surface area contributed by atoms with E-state index in [2.05, 4.69) is 31.1 Å². The Balaban J connectivity index is 1.21. The number of aliphatic carboxylic acids is 2. The number of phenols is 2. The lowest BCUT2D eigenvalue weighted by atomic mass is 10.1. The van der Waals surface area contributed by atoms with Crippen molar-refractivity contribution in [1.82, 2.24) is 0 Å². The highest BCUT2D eigenvalue weighted by molar-refractivity contribution is 7.86. The summed E-state index contributed by atoms with van der Waals surface area (Å²) in [6.07, 6.45) is -0.503. The molecular weight excluding hydrogens is 829 g/mol. The molecule has 0 heterocycles. The number of azo groups is 2. The predicted molar refractivity (Wildman–Crippen MR) is 212 cm³/mol. The highest BCUT2D eigenvalue weighted by Crippen LogP contribution is 2.43. The molecule has 0 fully saturated rings. The number of anilines is 2. The van der Waals surface area contributed by atoms with Crippen molar-refractivity contribution in [3.63, 3.8) is 0 Å². The van der Waals surface area contributed by atoms with E-state index in [1.165, 1.54) is 84.9 Å². The molecule has 0 aromatic heterocycles. The molecule has 0 unspecified atom stereocenters. The van der Waals surface area contributed by atoms with Gasteiger partial charge in [-0.1, -0.05) is 24.3 Å².